The van der Waals surface area contributed by atoms with Crippen LogP contribution in [0.15, 0.2) is 30.3 Å². The smallest absolute Gasteiger partial charge is 0.255 e. The number of ether oxygens (including phenoxy) is 1. The zero-order valence-corrected chi connectivity index (χ0v) is 14.9. The van der Waals surface area contributed by atoms with Gasteiger partial charge < -0.3 is 10.1 Å². The van der Waals surface area contributed by atoms with Gasteiger partial charge in [-0.05, 0) is 60.7 Å². The van der Waals surface area contributed by atoms with E-state index in [2.05, 4.69) is 19.2 Å². The highest BCUT2D eigenvalue weighted by Gasteiger charge is 2.16. The topological polar surface area (TPSA) is 38.3 Å². The molecule has 1 N–H and O–H groups in total. The molecule has 2 aromatic carbocycles. The largest absolute Gasteiger partial charge is 0.496 e. The molecule has 0 spiro atoms. The molecule has 0 saturated heterocycles. The van der Waals surface area contributed by atoms with Crippen molar-refractivity contribution >= 4 is 23.2 Å². The number of nitrogens with one attached hydrogen (secondary N) is 1. The molecule has 23 heavy (non-hydrogen) atoms. The Hall–Kier alpha value is -2.00. The Balaban J connectivity index is 2.35. The van der Waals surface area contributed by atoms with Crippen molar-refractivity contribution in [3.63, 3.8) is 0 Å². The lowest BCUT2D eigenvalue weighted by molar-refractivity contribution is 0.102. The van der Waals surface area contributed by atoms with Crippen LogP contribution in [-0.2, 0) is 0 Å². The zero-order chi connectivity index (χ0) is 17.1. The van der Waals surface area contributed by atoms with Crippen LogP contribution in [0.4, 0.5) is 5.69 Å². The second kappa shape index (κ2) is 7.05. The van der Waals surface area contributed by atoms with Gasteiger partial charge in [0.25, 0.3) is 5.91 Å². The molecule has 0 fully saturated rings. The summed E-state index contributed by atoms with van der Waals surface area (Å²) in [4.78, 5) is 12.6. The lowest BCUT2D eigenvalue weighted by Crippen LogP contribution is -2.14. The van der Waals surface area contributed by atoms with Gasteiger partial charge in [-0.3, -0.25) is 4.79 Å². The van der Waals surface area contributed by atoms with Gasteiger partial charge in [-0.25, -0.2) is 0 Å². The average molecular weight is 332 g/mol. The van der Waals surface area contributed by atoms with Crippen molar-refractivity contribution in [3.8, 4) is 5.75 Å². The first-order valence-corrected chi connectivity index (χ1v) is 7.97. The van der Waals surface area contributed by atoms with Gasteiger partial charge in [-0.2, -0.15) is 0 Å². The van der Waals surface area contributed by atoms with E-state index in [1.54, 1.807) is 13.2 Å². The maximum atomic E-state index is 12.6. The molecule has 4 heteroatoms. The number of methoxy groups -OCH3 is 1. The number of carbonyl (C=O) groups is 1. The molecule has 0 heterocycles. The SMILES string of the molecule is COc1cc(C)c(C(=O)Nc2ccc(C)c(Cl)c2)cc1C(C)C. The van der Waals surface area contributed by atoms with Gasteiger partial charge in [0.15, 0.2) is 0 Å². The minimum Gasteiger partial charge on any atom is -0.496 e. The Bertz CT molecular complexity index is 738. The molecule has 0 aliphatic heterocycles. The number of anilines is 1. The molecule has 3 nitrogen and oxygen atoms in total. The van der Waals surface area contributed by atoms with E-state index in [-0.39, 0.29) is 11.8 Å². The standard InChI is InChI=1S/C19H22ClNO2/c1-11(2)15-10-16(13(4)8-18(15)23-5)19(22)21-14-7-6-12(3)17(20)9-14/h6-11H,1-5H3,(H,21,22). The third kappa shape index (κ3) is 3.85. The summed E-state index contributed by atoms with van der Waals surface area (Å²) in [7, 11) is 1.65. The normalized spacial score (nSPS) is 10.7. The number of carbonyl (C=O) groups excluding carboxylic acids is 1. The molecular formula is C19H22ClNO2. The van der Waals surface area contributed by atoms with E-state index in [1.165, 1.54) is 0 Å². The molecule has 0 bridgehead atoms. The summed E-state index contributed by atoms with van der Waals surface area (Å²) in [6, 6.07) is 9.31. The number of rotatable bonds is 4. The summed E-state index contributed by atoms with van der Waals surface area (Å²) in [5, 5.41) is 3.54. The van der Waals surface area contributed by atoms with E-state index < -0.39 is 0 Å². The number of hydrogen-bond acceptors (Lipinski definition) is 2. The molecule has 0 radical (unpaired) electrons. The molecule has 0 aliphatic carbocycles. The summed E-state index contributed by atoms with van der Waals surface area (Å²) < 4.78 is 5.42. The van der Waals surface area contributed by atoms with E-state index in [1.807, 2.05) is 38.1 Å². The molecule has 0 unspecified atom stereocenters. The van der Waals surface area contributed by atoms with Gasteiger partial charge in [-0.1, -0.05) is 31.5 Å². The number of hydrogen-bond donors (Lipinski definition) is 1. The molecule has 2 aromatic rings. The summed E-state index contributed by atoms with van der Waals surface area (Å²) in [5.74, 6) is 0.935. The summed E-state index contributed by atoms with van der Waals surface area (Å²) in [5.41, 5.74) is 4.21. The minimum absolute atomic E-state index is 0.146. The highest BCUT2D eigenvalue weighted by atomic mass is 35.5. The molecule has 0 aliphatic rings. The Kier molecular flexibility index (Phi) is 5.32. The second-order valence-corrected chi connectivity index (χ2v) is 6.39. The fourth-order valence-electron chi connectivity index (χ4n) is 2.44. The molecule has 0 atom stereocenters. The summed E-state index contributed by atoms with van der Waals surface area (Å²) in [6.07, 6.45) is 0. The Labute approximate surface area is 142 Å². The van der Waals surface area contributed by atoms with Crippen LogP contribution in [0.1, 0.15) is 46.8 Å². The van der Waals surface area contributed by atoms with Crippen molar-refractivity contribution in [3.05, 3.63) is 57.6 Å². The summed E-state index contributed by atoms with van der Waals surface area (Å²) in [6.45, 7) is 7.99. The minimum atomic E-state index is -0.146. The highest BCUT2D eigenvalue weighted by molar-refractivity contribution is 6.31. The third-order valence-electron chi connectivity index (χ3n) is 3.87. The molecular weight excluding hydrogens is 310 g/mol. The molecule has 122 valence electrons. The number of aryl methyl sites for hydroxylation is 2. The monoisotopic (exact) mass is 331 g/mol. The fraction of sp³-hybridized carbons (Fsp3) is 0.316. The predicted octanol–water partition coefficient (Wildman–Crippen LogP) is 5.34. The highest BCUT2D eigenvalue weighted by Crippen LogP contribution is 2.30. The van der Waals surface area contributed by atoms with Crippen LogP contribution < -0.4 is 10.1 Å². The van der Waals surface area contributed by atoms with Gasteiger partial charge in [0.1, 0.15) is 5.75 Å². The number of benzene rings is 2. The third-order valence-corrected chi connectivity index (χ3v) is 4.28. The van der Waals surface area contributed by atoms with Crippen LogP contribution in [-0.4, -0.2) is 13.0 Å². The molecule has 2 rings (SSSR count). The lowest BCUT2D eigenvalue weighted by Gasteiger charge is -2.16. The zero-order valence-electron chi connectivity index (χ0n) is 14.2. The average Bonchev–Trinajstić information content (AvgIpc) is 2.50. The Morgan fingerprint density at radius 3 is 2.39 bits per heavy atom. The molecule has 0 saturated carbocycles. The van der Waals surface area contributed by atoms with Crippen molar-refractivity contribution < 1.29 is 9.53 Å². The number of halogens is 1. The van der Waals surface area contributed by atoms with Gasteiger partial charge in [0.2, 0.25) is 0 Å². The molecule has 1 amide bonds. The Morgan fingerprint density at radius 2 is 1.83 bits per heavy atom. The van der Waals surface area contributed by atoms with Gasteiger partial charge in [0.05, 0.1) is 7.11 Å². The maximum absolute atomic E-state index is 12.6. The quantitative estimate of drug-likeness (QED) is 0.821. The van der Waals surface area contributed by atoms with Crippen LogP contribution in [0, 0.1) is 13.8 Å². The predicted molar refractivity (Wildman–Crippen MR) is 96.0 cm³/mol. The first-order valence-electron chi connectivity index (χ1n) is 7.59. The van der Waals surface area contributed by atoms with Gasteiger partial charge in [-0.15, -0.1) is 0 Å². The summed E-state index contributed by atoms with van der Waals surface area (Å²) >= 11 is 6.11. The van der Waals surface area contributed by atoms with Crippen molar-refractivity contribution in [2.24, 2.45) is 0 Å². The van der Waals surface area contributed by atoms with Crippen molar-refractivity contribution in [2.45, 2.75) is 33.6 Å². The molecule has 0 aromatic heterocycles. The first-order chi connectivity index (χ1) is 10.8. The van der Waals surface area contributed by atoms with E-state index in [9.17, 15) is 4.79 Å². The lowest BCUT2D eigenvalue weighted by atomic mass is 9.96. The van der Waals surface area contributed by atoms with Gasteiger partial charge in [0, 0.05) is 16.3 Å². The van der Waals surface area contributed by atoms with Crippen LogP contribution in [0.25, 0.3) is 0 Å². The Morgan fingerprint density at radius 1 is 1.13 bits per heavy atom. The van der Waals surface area contributed by atoms with Crippen LogP contribution in [0.2, 0.25) is 5.02 Å². The van der Waals surface area contributed by atoms with E-state index >= 15 is 0 Å². The van der Waals surface area contributed by atoms with Crippen LogP contribution in [0.5, 0.6) is 5.75 Å². The van der Waals surface area contributed by atoms with Gasteiger partial charge >= 0.3 is 0 Å². The van der Waals surface area contributed by atoms with E-state index in [0.717, 1.165) is 22.4 Å². The van der Waals surface area contributed by atoms with E-state index in [4.69, 9.17) is 16.3 Å². The fourth-order valence-corrected chi connectivity index (χ4v) is 2.62. The van der Waals surface area contributed by atoms with Crippen molar-refractivity contribution in [1.29, 1.82) is 0 Å². The first kappa shape index (κ1) is 17.4. The maximum Gasteiger partial charge on any atom is 0.255 e. The van der Waals surface area contributed by atoms with Crippen LogP contribution in [0.3, 0.4) is 0 Å². The second-order valence-electron chi connectivity index (χ2n) is 5.98. The van der Waals surface area contributed by atoms with E-state index in [0.29, 0.717) is 16.3 Å². The number of amides is 1. The van der Waals surface area contributed by atoms with Crippen LogP contribution >= 0.6 is 11.6 Å². The van der Waals surface area contributed by atoms with Crippen molar-refractivity contribution in [1.82, 2.24) is 0 Å². The van der Waals surface area contributed by atoms with Crippen molar-refractivity contribution in [2.75, 3.05) is 12.4 Å².